The summed E-state index contributed by atoms with van der Waals surface area (Å²) in [5.41, 5.74) is 10.2. The summed E-state index contributed by atoms with van der Waals surface area (Å²) < 4.78 is 6.04. The van der Waals surface area contributed by atoms with Gasteiger partial charge in [0.25, 0.3) is 0 Å². The number of pyridine rings is 3. The van der Waals surface area contributed by atoms with Gasteiger partial charge in [-0.05, 0) is 58.9 Å². The van der Waals surface area contributed by atoms with E-state index in [-0.39, 0.29) is 20.1 Å². The second-order valence-electron chi connectivity index (χ2n) is 15.0. The average Bonchev–Trinajstić information content (AvgIpc) is 3.49. The van der Waals surface area contributed by atoms with Gasteiger partial charge in [0.1, 0.15) is 0 Å². The average molecular weight is 866 g/mol. The first-order chi connectivity index (χ1) is 24.0. The largest absolute Gasteiger partial charge is 0.486 e. The van der Waals surface area contributed by atoms with Crippen LogP contribution in [0.25, 0.3) is 55.8 Å². The summed E-state index contributed by atoms with van der Waals surface area (Å²) in [6.07, 6.45) is 5.13. The summed E-state index contributed by atoms with van der Waals surface area (Å²) in [4.78, 5) is 14.0. The Hall–Kier alpha value is -4.22. The third kappa shape index (κ3) is 8.99. The van der Waals surface area contributed by atoms with Crippen molar-refractivity contribution in [1.82, 2.24) is 15.0 Å². The van der Waals surface area contributed by atoms with E-state index in [0.29, 0.717) is 23.5 Å². The molecule has 1 radical (unpaired) electrons. The summed E-state index contributed by atoms with van der Waals surface area (Å²) in [6, 6.07) is 39.5. The molecular weight excluding hydrogens is 819 g/mol. The molecule has 0 aliphatic heterocycles. The Morgan fingerprint density at radius 2 is 1.47 bits per heavy atom. The zero-order valence-electron chi connectivity index (χ0n) is 30.9. The molecule has 4 nitrogen and oxygen atoms in total. The summed E-state index contributed by atoms with van der Waals surface area (Å²) in [6.45, 7) is 18.5. The van der Waals surface area contributed by atoms with Gasteiger partial charge in [0.15, 0.2) is 0 Å². The van der Waals surface area contributed by atoms with Crippen molar-refractivity contribution in [2.24, 2.45) is 11.8 Å². The van der Waals surface area contributed by atoms with Crippen molar-refractivity contribution in [3.05, 3.63) is 133 Å². The van der Waals surface area contributed by atoms with Crippen molar-refractivity contribution in [3.63, 3.8) is 0 Å². The fraction of sp³-hybridized carbons (Fsp3) is 0.267. The SMILES string of the molecule is CC(C)C(C)c1ccnc(-c2[c-]cc3oc4nc(-c5ccccc5)ccc4c3c2)c1.CC(C)Cc1cc(-c2[c-]cccc2)ncc1[Si](C)(C)C.[Ir]. The van der Waals surface area contributed by atoms with Gasteiger partial charge in [-0.2, -0.15) is 0 Å². The minimum atomic E-state index is -1.34. The van der Waals surface area contributed by atoms with Crippen molar-refractivity contribution in [2.45, 2.75) is 66.6 Å². The van der Waals surface area contributed by atoms with Crippen LogP contribution in [0.3, 0.4) is 0 Å². The molecule has 4 aromatic heterocycles. The van der Waals surface area contributed by atoms with Gasteiger partial charge in [0.2, 0.25) is 5.71 Å². The number of furan rings is 1. The molecular formula is C45H47IrN3OSi-2. The van der Waals surface area contributed by atoms with Crippen LogP contribution in [0.5, 0.6) is 0 Å². The van der Waals surface area contributed by atoms with Gasteiger partial charge in [-0.3, -0.25) is 0 Å². The molecule has 0 saturated heterocycles. The van der Waals surface area contributed by atoms with E-state index in [1.165, 1.54) is 16.3 Å². The van der Waals surface area contributed by atoms with Gasteiger partial charge in [-0.1, -0.05) is 113 Å². The third-order valence-corrected chi connectivity index (χ3v) is 11.4. The van der Waals surface area contributed by atoms with Crippen LogP contribution in [-0.2, 0) is 26.5 Å². The molecule has 263 valence electrons. The standard InChI is InChI=1S/C27H23N2O.C18H24NSi.Ir/c1-17(2)18(3)20-13-14-28-25(16-20)21-9-12-26-23(15-21)22-10-11-24(29-27(22)30-26)19-7-5-4-6-8-19;1-14(2)11-16-12-17(15-9-7-6-8-10-15)19-13-18(16)20(3,4)5;/h4-8,10-18H,1-3H3;6-9,12-14H,11H2,1-5H3;/q2*-1;. The Bertz CT molecular complexity index is 2210. The fourth-order valence-electron chi connectivity index (χ4n) is 6.26. The first-order valence-corrected chi connectivity index (χ1v) is 21.2. The molecule has 0 spiro atoms. The quantitative estimate of drug-likeness (QED) is 0.113. The predicted molar refractivity (Wildman–Crippen MR) is 212 cm³/mol. The number of rotatable bonds is 8. The number of fused-ring (bicyclic) bond motifs is 3. The minimum absolute atomic E-state index is 0. The molecule has 0 saturated carbocycles. The van der Waals surface area contributed by atoms with E-state index >= 15 is 0 Å². The molecule has 7 rings (SSSR count). The maximum absolute atomic E-state index is 6.04. The maximum Gasteiger partial charge on any atom is 0.216 e. The first kappa shape index (κ1) is 38.0. The molecule has 0 N–H and O–H groups in total. The van der Waals surface area contributed by atoms with Crippen LogP contribution in [0.1, 0.15) is 51.7 Å². The summed E-state index contributed by atoms with van der Waals surface area (Å²) in [5, 5.41) is 3.53. The van der Waals surface area contributed by atoms with E-state index in [4.69, 9.17) is 9.40 Å². The Morgan fingerprint density at radius 1 is 0.725 bits per heavy atom. The van der Waals surface area contributed by atoms with Gasteiger partial charge in [-0.15, -0.1) is 59.7 Å². The molecule has 3 aromatic carbocycles. The zero-order valence-corrected chi connectivity index (χ0v) is 34.3. The van der Waals surface area contributed by atoms with Gasteiger partial charge >= 0.3 is 0 Å². The number of aromatic nitrogens is 3. The Kier molecular flexibility index (Phi) is 12.2. The van der Waals surface area contributed by atoms with E-state index in [1.807, 2.05) is 54.7 Å². The fourth-order valence-corrected chi connectivity index (χ4v) is 7.85. The van der Waals surface area contributed by atoms with Crippen LogP contribution >= 0.6 is 0 Å². The van der Waals surface area contributed by atoms with E-state index in [0.717, 1.165) is 56.5 Å². The smallest absolute Gasteiger partial charge is 0.216 e. The summed E-state index contributed by atoms with van der Waals surface area (Å²) in [5.74, 6) is 1.72. The maximum atomic E-state index is 6.04. The molecule has 1 unspecified atom stereocenters. The molecule has 0 aliphatic rings. The molecule has 6 heteroatoms. The van der Waals surface area contributed by atoms with Crippen molar-refractivity contribution >= 4 is 35.3 Å². The molecule has 0 aliphatic carbocycles. The van der Waals surface area contributed by atoms with E-state index in [2.05, 4.69) is 131 Å². The molecule has 4 heterocycles. The van der Waals surface area contributed by atoms with Crippen LogP contribution in [0.15, 0.2) is 114 Å². The van der Waals surface area contributed by atoms with E-state index in [9.17, 15) is 0 Å². The monoisotopic (exact) mass is 866 g/mol. The predicted octanol–water partition coefficient (Wildman–Crippen LogP) is 11.6. The number of hydrogen-bond acceptors (Lipinski definition) is 4. The van der Waals surface area contributed by atoms with Crippen LogP contribution in [0, 0.1) is 24.0 Å². The van der Waals surface area contributed by atoms with Crippen LogP contribution in [0.2, 0.25) is 19.6 Å². The molecule has 0 amide bonds. The van der Waals surface area contributed by atoms with E-state index in [1.54, 1.807) is 0 Å². The van der Waals surface area contributed by atoms with Gasteiger partial charge in [-0.25, -0.2) is 4.98 Å². The minimum Gasteiger partial charge on any atom is -0.486 e. The van der Waals surface area contributed by atoms with Crippen molar-refractivity contribution in [2.75, 3.05) is 0 Å². The summed E-state index contributed by atoms with van der Waals surface area (Å²) >= 11 is 0. The Morgan fingerprint density at radius 3 is 2.16 bits per heavy atom. The second-order valence-corrected chi connectivity index (χ2v) is 20.0. The number of benzene rings is 3. The van der Waals surface area contributed by atoms with Crippen molar-refractivity contribution in [1.29, 1.82) is 0 Å². The molecule has 0 bridgehead atoms. The molecule has 0 fully saturated rings. The normalized spacial score (nSPS) is 12.1. The number of hydrogen-bond donors (Lipinski definition) is 0. The van der Waals surface area contributed by atoms with Gasteiger partial charge in [0, 0.05) is 43.4 Å². The summed E-state index contributed by atoms with van der Waals surface area (Å²) in [7, 11) is -1.34. The van der Waals surface area contributed by atoms with Gasteiger partial charge < -0.3 is 14.4 Å². The third-order valence-electron chi connectivity index (χ3n) is 9.34. The Labute approximate surface area is 318 Å². The van der Waals surface area contributed by atoms with E-state index < -0.39 is 8.07 Å². The topological polar surface area (TPSA) is 51.8 Å². The Balaban J connectivity index is 0.000000211. The van der Waals surface area contributed by atoms with Crippen LogP contribution in [0.4, 0.5) is 0 Å². The molecule has 7 aromatic rings. The second kappa shape index (κ2) is 16.4. The van der Waals surface area contributed by atoms with Crippen LogP contribution in [-0.4, -0.2) is 23.0 Å². The van der Waals surface area contributed by atoms with Gasteiger partial charge in [0.05, 0.1) is 19.4 Å². The van der Waals surface area contributed by atoms with Crippen LogP contribution < -0.4 is 5.19 Å². The van der Waals surface area contributed by atoms with Crippen molar-refractivity contribution < 1.29 is 24.5 Å². The first-order valence-electron chi connectivity index (χ1n) is 17.7. The molecule has 51 heavy (non-hydrogen) atoms. The van der Waals surface area contributed by atoms with Crippen molar-refractivity contribution in [3.8, 4) is 33.8 Å². The number of nitrogens with zero attached hydrogens (tertiary/aromatic N) is 3. The molecule has 1 atom stereocenters. The zero-order chi connectivity index (χ0) is 35.4.